The van der Waals surface area contributed by atoms with Crippen LogP contribution in [0.4, 0.5) is 4.79 Å². The Labute approximate surface area is 169 Å². The van der Waals surface area contributed by atoms with Crippen LogP contribution >= 0.6 is 0 Å². The van der Waals surface area contributed by atoms with Crippen molar-refractivity contribution >= 4 is 28.8 Å². The molecule has 0 unspecified atom stereocenters. The Kier molecular flexibility index (Phi) is 5.04. The number of urea groups is 1. The number of carbonyl (C=O) groups excluding carboxylic acids is 2. The Hall–Kier alpha value is -3.60. The molecule has 1 fully saturated rings. The number of hydrogen-bond acceptors (Lipinski definition) is 3. The summed E-state index contributed by atoms with van der Waals surface area (Å²) in [6.07, 6.45) is 1.73. The van der Waals surface area contributed by atoms with Crippen LogP contribution in [0.25, 0.3) is 16.8 Å². The van der Waals surface area contributed by atoms with Crippen molar-refractivity contribution in [3.05, 3.63) is 83.1 Å². The van der Waals surface area contributed by atoms with E-state index >= 15 is 0 Å². The van der Waals surface area contributed by atoms with Crippen molar-refractivity contribution in [1.29, 1.82) is 0 Å². The van der Waals surface area contributed by atoms with E-state index in [1.54, 1.807) is 6.08 Å². The number of nitrogens with zero attached hydrogens (tertiary/aromatic N) is 1. The number of carbonyl (C=O) groups is 2. The number of nitrogens with one attached hydrogen (secondary N) is 1. The number of amides is 3. The maximum Gasteiger partial charge on any atom is 0.329 e. The second kappa shape index (κ2) is 7.80. The molecule has 0 aliphatic carbocycles. The minimum Gasteiger partial charge on any atom is -0.493 e. The van der Waals surface area contributed by atoms with Crippen molar-refractivity contribution in [2.45, 2.75) is 20.4 Å². The number of ether oxygens (including phenoxy) is 1. The van der Waals surface area contributed by atoms with Gasteiger partial charge in [-0.3, -0.25) is 9.69 Å². The lowest BCUT2D eigenvalue weighted by Gasteiger charge is -2.12. The normalized spacial score (nSPS) is 15.2. The molecule has 1 aliphatic heterocycles. The third-order valence-corrected chi connectivity index (χ3v) is 4.90. The summed E-state index contributed by atoms with van der Waals surface area (Å²) < 4.78 is 5.71. The fourth-order valence-electron chi connectivity index (χ4n) is 3.57. The van der Waals surface area contributed by atoms with E-state index in [1.807, 2.05) is 74.5 Å². The van der Waals surface area contributed by atoms with Gasteiger partial charge in [0.15, 0.2) is 0 Å². The smallest absolute Gasteiger partial charge is 0.329 e. The summed E-state index contributed by atoms with van der Waals surface area (Å²) in [4.78, 5) is 26.5. The first kappa shape index (κ1) is 18.7. The van der Waals surface area contributed by atoms with E-state index in [0.29, 0.717) is 6.61 Å². The molecule has 29 heavy (non-hydrogen) atoms. The van der Waals surface area contributed by atoms with Crippen LogP contribution in [0.5, 0.6) is 5.75 Å². The van der Waals surface area contributed by atoms with E-state index in [9.17, 15) is 9.59 Å². The van der Waals surface area contributed by atoms with Gasteiger partial charge in [-0.2, -0.15) is 0 Å². The molecule has 0 spiro atoms. The third-order valence-electron chi connectivity index (χ3n) is 4.90. The van der Waals surface area contributed by atoms with Gasteiger partial charge in [-0.1, -0.05) is 60.2 Å². The highest BCUT2D eigenvalue weighted by molar-refractivity contribution is 6.14. The zero-order chi connectivity index (χ0) is 20.4. The Morgan fingerprint density at radius 1 is 1.00 bits per heavy atom. The Bertz CT molecular complexity index is 1130. The van der Waals surface area contributed by atoms with Crippen LogP contribution in [0.1, 0.15) is 23.6 Å². The molecule has 4 rings (SSSR count). The van der Waals surface area contributed by atoms with Crippen LogP contribution in [-0.2, 0) is 11.3 Å². The molecule has 3 aromatic carbocycles. The molecule has 0 radical (unpaired) electrons. The van der Waals surface area contributed by atoms with Crippen molar-refractivity contribution in [3.63, 3.8) is 0 Å². The summed E-state index contributed by atoms with van der Waals surface area (Å²) in [5.74, 6) is 0.475. The second-order valence-electron chi connectivity index (χ2n) is 7.00. The lowest BCUT2D eigenvalue weighted by atomic mass is 10.0. The summed E-state index contributed by atoms with van der Waals surface area (Å²) in [6, 6.07) is 19.1. The molecule has 1 N–H and O–H groups in total. The highest BCUT2D eigenvalue weighted by atomic mass is 16.5. The lowest BCUT2D eigenvalue weighted by Crippen LogP contribution is -2.30. The maximum atomic E-state index is 12.9. The number of fused-ring (bicyclic) bond motifs is 1. The average Bonchev–Trinajstić information content (AvgIpc) is 2.97. The minimum absolute atomic E-state index is 0.244. The van der Waals surface area contributed by atoms with Gasteiger partial charge < -0.3 is 10.1 Å². The number of rotatable bonds is 5. The van der Waals surface area contributed by atoms with E-state index in [-0.39, 0.29) is 18.1 Å². The molecule has 1 aliphatic rings. The molecule has 5 heteroatoms. The quantitative estimate of drug-likeness (QED) is 0.513. The number of imide groups is 1. The van der Waals surface area contributed by atoms with Crippen molar-refractivity contribution < 1.29 is 14.3 Å². The predicted molar refractivity (Wildman–Crippen MR) is 113 cm³/mol. The van der Waals surface area contributed by atoms with Crippen molar-refractivity contribution in [2.75, 3.05) is 6.61 Å². The molecule has 1 saturated heterocycles. The minimum atomic E-state index is -0.405. The van der Waals surface area contributed by atoms with Crippen LogP contribution in [0, 0.1) is 6.92 Å². The van der Waals surface area contributed by atoms with Gasteiger partial charge in [0.05, 0.1) is 13.2 Å². The highest BCUT2D eigenvalue weighted by Crippen LogP contribution is 2.30. The lowest BCUT2D eigenvalue weighted by molar-refractivity contribution is -0.123. The van der Waals surface area contributed by atoms with Gasteiger partial charge in [0, 0.05) is 5.39 Å². The highest BCUT2D eigenvalue weighted by Gasteiger charge is 2.33. The molecular formula is C24H22N2O3. The van der Waals surface area contributed by atoms with Crippen LogP contribution in [-0.4, -0.2) is 23.4 Å². The van der Waals surface area contributed by atoms with Crippen LogP contribution in [0.2, 0.25) is 0 Å². The topological polar surface area (TPSA) is 58.6 Å². The average molecular weight is 386 g/mol. The molecule has 1 heterocycles. The van der Waals surface area contributed by atoms with Gasteiger partial charge in [-0.15, -0.1) is 0 Å². The standard InChI is InChI=1S/C24H22N2O3/c1-3-29-22-12-11-18(19-9-4-5-10-20(19)22)14-21-23(27)26(24(28)25-21)15-17-8-6-7-16(2)13-17/h4-14H,3,15H2,1-2H3,(H,25,28)/b21-14+. The molecule has 0 bridgehead atoms. The van der Waals surface area contributed by atoms with Gasteiger partial charge in [0.25, 0.3) is 5.91 Å². The van der Waals surface area contributed by atoms with Gasteiger partial charge >= 0.3 is 6.03 Å². The molecular weight excluding hydrogens is 364 g/mol. The second-order valence-corrected chi connectivity index (χ2v) is 7.00. The van der Waals surface area contributed by atoms with Gasteiger partial charge in [0.2, 0.25) is 0 Å². The first-order chi connectivity index (χ1) is 14.1. The Balaban J connectivity index is 1.66. The zero-order valence-corrected chi connectivity index (χ0v) is 16.4. The number of aryl methyl sites for hydroxylation is 1. The summed E-state index contributed by atoms with van der Waals surface area (Å²) >= 11 is 0. The van der Waals surface area contributed by atoms with Gasteiger partial charge in [-0.25, -0.2) is 4.79 Å². The molecule has 146 valence electrons. The molecule has 0 atom stereocenters. The largest absolute Gasteiger partial charge is 0.493 e. The van der Waals surface area contributed by atoms with Gasteiger partial charge in [0.1, 0.15) is 11.4 Å². The van der Waals surface area contributed by atoms with E-state index < -0.39 is 6.03 Å². The van der Waals surface area contributed by atoms with E-state index in [2.05, 4.69) is 5.32 Å². The summed E-state index contributed by atoms with van der Waals surface area (Å²) in [6.45, 7) is 4.75. The zero-order valence-electron chi connectivity index (χ0n) is 16.4. The fraction of sp³-hybridized carbons (Fsp3) is 0.167. The number of hydrogen-bond donors (Lipinski definition) is 1. The van der Waals surface area contributed by atoms with Crippen LogP contribution in [0.3, 0.4) is 0 Å². The monoisotopic (exact) mass is 386 g/mol. The van der Waals surface area contributed by atoms with Crippen molar-refractivity contribution in [2.24, 2.45) is 0 Å². The van der Waals surface area contributed by atoms with Crippen LogP contribution < -0.4 is 10.1 Å². The SMILES string of the molecule is CCOc1ccc(/C=C2/NC(=O)N(Cc3cccc(C)c3)C2=O)c2ccccc12. The molecule has 3 aromatic rings. The molecule has 0 saturated carbocycles. The van der Waals surface area contributed by atoms with Gasteiger partial charge in [-0.05, 0) is 42.5 Å². The van der Waals surface area contributed by atoms with Crippen molar-refractivity contribution in [1.82, 2.24) is 10.2 Å². The Morgan fingerprint density at radius 2 is 1.79 bits per heavy atom. The maximum absolute atomic E-state index is 12.9. The first-order valence-electron chi connectivity index (χ1n) is 9.61. The van der Waals surface area contributed by atoms with E-state index in [0.717, 1.165) is 33.2 Å². The predicted octanol–water partition coefficient (Wildman–Crippen LogP) is 4.64. The summed E-state index contributed by atoms with van der Waals surface area (Å²) in [5.41, 5.74) is 3.13. The van der Waals surface area contributed by atoms with Crippen molar-refractivity contribution in [3.8, 4) is 5.75 Å². The molecule has 5 nitrogen and oxygen atoms in total. The first-order valence-corrected chi connectivity index (χ1v) is 9.61. The molecule has 3 amide bonds. The Morgan fingerprint density at radius 3 is 2.55 bits per heavy atom. The van der Waals surface area contributed by atoms with Crippen LogP contribution in [0.15, 0.2) is 66.4 Å². The van der Waals surface area contributed by atoms with E-state index in [1.165, 1.54) is 4.90 Å². The summed E-state index contributed by atoms with van der Waals surface area (Å²) in [5, 5.41) is 4.64. The molecule has 0 aromatic heterocycles. The third kappa shape index (κ3) is 3.72. The van der Waals surface area contributed by atoms with E-state index in [4.69, 9.17) is 4.74 Å². The summed E-state index contributed by atoms with van der Waals surface area (Å²) in [7, 11) is 0. The number of benzene rings is 3. The fourth-order valence-corrected chi connectivity index (χ4v) is 3.57.